The molecule has 2 aromatic carbocycles. The molecule has 1 unspecified atom stereocenters. The predicted molar refractivity (Wildman–Crippen MR) is 93.1 cm³/mol. The second-order valence-corrected chi connectivity index (χ2v) is 6.83. The molecular formula is C17H18Br2FN. The molecule has 112 valence electrons. The van der Waals surface area contributed by atoms with Gasteiger partial charge >= 0.3 is 0 Å². The first-order valence-electron chi connectivity index (χ1n) is 6.97. The van der Waals surface area contributed by atoms with Crippen molar-refractivity contribution >= 4 is 31.9 Å². The molecule has 0 aliphatic carbocycles. The highest BCUT2D eigenvalue weighted by Crippen LogP contribution is 2.29. The van der Waals surface area contributed by atoms with Crippen molar-refractivity contribution in [2.24, 2.45) is 0 Å². The van der Waals surface area contributed by atoms with E-state index in [0.717, 1.165) is 27.5 Å². The van der Waals surface area contributed by atoms with Crippen molar-refractivity contribution < 1.29 is 4.39 Å². The highest BCUT2D eigenvalue weighted by molar-refractivity contribution is 9.10. The van der Waals surface area contributed by atoms with Gasteiger partial charge in [-0.05, 0) is 55.3 Å². The Bertz CT molecular complexity index is 628. The average Bonchev–Trinajstić information content (AvgIpc) is 2.46. The van der Waals surface area contributed by atoms with E-state index in [9.17, 15) is 4.39 Å². The van der Waals surface area contributed by atoms with Crippen LogP contribution in [-0.4, -0.2) is 6.54 Å². The second kappa shape index (κ2) is 7.52. The number of aryl methyl sites for hydroxylation is 1. The third-order valence-electron chi connectivity index (χ3n) is 3.40. The molecule has 1 atom stereocenters. The van der Waals surface area contributed by atoms with E-state index >= 15 is 0 Å². The van der Waals surface area contributed by atoms with E-state index in [4.69, 9.17) is 0 Å². The highest BCUT2D eigenvalue weighted by Gasteiger charge is 2.18. The molecule has 0 aliphatic heterocycles. The molecule has 0 fully saturated rings. The van der Waals surface area contributed by atoms with Crippen LogP contribution in [0.2, 0.25) is 0 Å². The van der Waals surface area contributed by atoms with Crippen molar-refractivity contribution in [1.29, 1.82) is 0 Å². The molecular weight excluding hydrogens is 397 g/mol. The summed E-state index contributed by atoms with van der Waals surface area (Å²) in [6.07, 6.45) is 0.999. The molecule has 2 rings (SSSR count). The van der Waals surface area contributed by atoms with Crippen molar-refractivity contribution in [2.75, 3.05) is 6.54 Å². The smallest absolute Gasteiger partial charge is 0.128 e. The maximum absolute atomic E-state index is 14.2. The fourth-order valence-electron chi connectivity index (χ4n) is 2.22. The fraction of sp³-hybridized carbons (Fsp3) is 0.294. The maximum Gasteiger partial charge on any atom is 0.128 e. The van der Waals surface area contributed by atoms with Gasteiger partial charge in [0.25, 0.3) is 0 Å². The normalized spacial score (nSPS) is 12.4. The van der Waals surface area contributed by atoms with Gasteiger partial charge in [-0.2, -0.15) is 0 Å². The van der Waals surface area contributed by atoms with Crippen molar-refractivity contribution in [3.8, 4) is 0 Å². The van der Waals surface area contributed by atoms with Crippen LogP contribution >= 0.6 is 31.9 Å². The molecule has 0 saturated carbocycles. The van der Waals surface area contributed by atoms with E-state index in [2.05, 4.69) is 56.2 Å². The lowest BCUT2D eigenvalue weighted by Gasteiger charge is -2.21. The van der Waals surface area contributed by atoms with Gasteiger partial charge in [0.2, 0.25) is 0 Å². The first-order chi connectivity index (χ1) is 10.0. The average molecular weight is 415 g/mol. The SMILES string of the molecule is CCCNC(c1ccc(C)c(Br)c1)c1cc(Br)ccc1F. The van der Waals surface area contributed by atoms with Gasteiger partial charge in [0.15, 0.2) is 0 Å². The molecule has 0 amide bonds. The highest BCUT2D eigenvalue weighted by atomic mass is 79.9. The van der Waals surface area contributed by atoms with E-state index < -0.39 is 0 Å². The predicted octanol–water partition coefficient (Wildman–Crippen LogP) is 5.75. The van der Waals surface area contributed by atoms with Crippen molar-refractivity contribution in [1.82, 2.24) is 5.32 Å². The summed E-state index contributed by atoms with van der Waals surface area (Å²) < 4.78 is 16.2. The number of halogens is 3. The molecule has 0 bridgehead atoms. The van der Waals surface area contributed by atoms with E-state index in [1.165, 1.54) is 11.6 Å². The summed E-state index contributed by atoms with van der Waals surface area (Å²) in [5.41, 5.74) is 2.88. The third-order valence-corrected chi connectivity index (χ3v) is 4.74. The van der Waals surface area contributed by atoms with Crippen LogP contribution in [0.1, 0.15) is 36.1 Å². The van der Waals surface area contributed by atoms with Crippen LogP contribution in [0.15, 0.2) is 45.3 Å². The summed E-state index contributed by atoms with van der Waals surface area (Å²) in [7, 11) is 0. The lowest BCUT2D eigenvalue weighted by atomic mass is 9.97. The van der Waals surface area contributed by atoms with Crippen LogP contribution in [0.3, 0.4) is 0 Å². The molecule has 0 spiro atoms. The summed E-state index contributed by atoms with van der Waals surface area (Å²) in [5, 5.41) is 3.44. The van der Waals surface area contributed by atoms with E-state index in [1.54, 1.807) is 6.07 Å². The standard InChI is InChI=1S/C17H18Br2FN/c1-3-8-21-17(12-5-4-11(2)15(19)9-12)14-10-13(18)6-7-16(14)20/h4-7,9-10,17,21H,3,8H2,1-2H3. The molecule has 0 heterocycles. The van der Waals surface area contributed by atoms with Crippen LogP contribution in [0.4, 0.5) is 4.39 Å². The Morgan fingerprint density at radius 1 is 1.14 bits per heavy atom. The van der Waals surface area contributed by atoms with Gasteiger partial charge in [-0.3, -0.25) is 0 Å². The van der Waals surface area contributed by atoms with E-state index in [0.29, 0.717) is 5.56 Å². The van der Waals surface area contributed by atoms with Gasteiger partial charge < -0.3 is 5.32 Å². The Balaban J connectivity index is 2.46. The zero-order chi connectivity index (χ0) is 15.4. The van der Waals surface area contributed by atoms with Crippen LogP contribution in [-0.2, 0) is 0 Å². The Hall–Kier alpha value is -0.710. The summed E-state index contributed by atoms with van der Waals surface area (Å²) in [5.74, 6) is -0.191. The second-order valence-electron chi connectivity index (χ2n) is 5.06. The van der Waals surface area contributed by atoms with E-state index in [1.807, 2.05) is 19.1 Å². The van der Waals surface area contributed by atoms with Gasteiger partial charge in [0, 0.05) is 14.5 Å². The van der Waals surface area contributed by atoms with Crippen LogP contribution in [0.5, 0.6) is 0 Å². The van der Waals surface area contributed by atoms with Gasteiger partial charge in [-0.25, -0.2) is 4.39 Å². The quantitative estimate of drug-likeness (QED) is 0.656. The first-order valence-corrected chi connectivity index (χ1v) is 8.56. The Morgan fingerprint density at radius 3 is 2.57 bits per heavy atom. The number of benzene rings is 2. The van der Waals surface area contributed by atoms with Gasteiger partial charge in [-0.15, -0.1) is 0 Å². The lowest BCUT2D eigenvalue weighted by molar-refractivity contribution is 0.546. The number of rotatable bonds is 5. The minimum Gasteiger partial charge on any atom is -0.306 e. The van der Waals surface area contributed by atoms with Crippen LogP contribution < -0.4 is 5.32 Å². The zero-order valence-corrected chi connectivity index (χ0v) is 15.3. The third kappa shape index (κ3) is 4.15. The molecule has 2 aromatic rings. The molecule has 0 aliphatic rings. The number of nitrogens with one attached hydrogen (secondary N) is 1. The molecule has 0 radical (unpaired) electrons. The Morgan fingerprint density at radius 2 is 1.90 bits per heavy atom. The largest absolute Gasteiger partial charge is 0.306 e. The number of hydrogen-bond donors (Lipinski definition) is 1. The monoisotopic (exact) mass is 413 g/mol. The molecule has 1 nitrogen and oxygen atoms in total. The van der Waals surface area contributed by atoms with Crippen molar-refractivity contribution in [3.63, 3.8) is 0 Å². The van der Waals surface area contributed by atoms with Crippen LogP contribution in [0, 0.1) is 12.7 Å². The summed E-state index contributed by atoms with van der Waals surface area (Å²) in [4.78, 5) is 0. The summed E-state index contributed by atoms with van der Waals surface area (Å²) >= 11 is 6.99. The zero-order valence-electron chi connectivity index (χ0n) is 12.1. The van der Waals surface area contributed by atoms with Gasteiger partial charge in [0.05, 0.1) is 6.04 Å². The summed E-state index contributed by atoms with van der Waals surface area (Å²) in [6.45, 7) is 4.98. The first kappa shape index (κ1) is 16.7. The molecule has 0 saturated heterocycles. The number of hydrogen-bond acceptors (Lipinski definition) is 1. The Kier molecular flexibility index (Phi) is 5.97. The molecule has 0 aromatic heterocycles. The maximum atomic E-state index is 14.2. The van der Waals surface area contributed by atoms with Crippen molar-refractivity contribution in [3.05, 3.63) is 67.9 Å². The molecule has 1 N–H and O–H groups in total. The van der Waals surface area contributed by atoms with Crippen molar-refractivity contribution in [2.45, 2.75) is 26.3 Å². The summed E-state index contributed by atoms with van der Waals surface area (Å²) in [6, 6.07) is 11.1. The van der Waals surface area contributed by atoms with Crippen LogP contribution in [0.25, 0.3) is 0 Å². The fourth-order valence-corrected chi connectivity index (χ4v) is 3.00. The molecule has 4 heteroatoms. The topological polar surface area (TPSA) is 12.0 Å². The lowest BCUT2D eigenvalue weighted by Crippen LogP contribution is -2.24. The van der Waals surface area contributed by atoms with Gasteiger partial charge in [0.1, 0.15) is 5.82 Å². The van der Waals surface area contributed by atoms with E-state index in [-0.39, 0.29) is 11.9 Å². The Labute approximate surface area is 142 Å². The van der Waals surface area contributed by atoms with Gasteiger partial charge in [-0.1, -0.05) is 50.9 Å². The minimum atomic E-state index is -0.191. The minimum absolute atomic E-state index is 0.153. The molecule has 21 heavy (non-hydrogen) atoms.